The van der Waals surface area contributed by atoms with Gasteiger partial charge in [0.1, 0.15) is 0 Å². The van der Waals surface area contributed by atoms with Gasteiger partial charge in [-0.3, -0.25) is 4.31 Å². The maximum atomic E-state index is 13.5. The van der Waals surface area contributed by atoms with Crippen molar-refractivity contribution in [2.75, 3.05) is 49.1 Å². The van der Waals surface area contributed by atoms with E-state index in [1.54, 1.807) is 42.2 Å². The van der Waals surface area contributed by atoms with E-state index >= 15 is 0 Å². The standard InChI is InChI=1S/C23H26Cl2N4O2S2/c1-28(2)15-16-29(33(30,31)21-11-7-19(25)8-12-21)22-4-3-13-26-23(22)27-14-17-32-20-9-5-18(24)6-10-20/h3-13H,14-17H2,1-2H3,(H,26,27). The molecule has 1 heterocycles. The molecule has 0 spiro atoms. The van der Waals surface area contributed by atoms with Crippen molar-refractivity contribution >= 4 is 56.5 Å². The van der Waals surface area contributed by atoms with Gasteiger partial charge in [-0.2, -0.15) is 0 Å². The van der Waals surface area contributed by atoms with E-state index in [0.717, 1.165) is 10.6 Å². The zero-order valence-corrected chi connectivity index (χ0v) is 21.6. The summed E-state index contributed by atoms with van der Waals surface area (Å²) in [5.41, 5.74) is 0.505. The molecule has 10 heteroatoms. The molecule has 0 aliphatic heterocycles. The van der Waals surface area contributed by atoms with Crippen LogP contribution in [0.3, 0.4) is 0 Å². The third kappa shape index (κ3) is 7.25. The summed E-state index contributed by atoms with van der Waals surface area (Å²) >= 11 is 13.6. The molecule has 3 rings (SSSR count). The quantitative estimate of drug-likeness (QED) is 0.269. The minimum absolute atomic E-state index is 0.179. The Labute approximate surface area is 210 Å². The largest absolute Gasteiger partial charge is 0.367 e. The van der Waals surface area contributed by atoms with Crippen molar-refractivity contribution in [2.24, 2.45) is 0 Å². The van der Waals surface area contributed by atoms with Crippen LogP contribution < -0.4 is 9.62 Å². The van der Waals surface area contributed by atoms with Crippen LogP contribution >= 0.6 is 35.0 Å². The van der Waals surface area contributed by atoms with Crippen molar-refractivity contribution in [3.8, 4) is 0 Å². The van der Waals surface area contributed by atoms with Gasteiger partial charge in [-0.1, -0.05) is 23.2 Å². The zero-order valence-electron chi connectivity index (χ0n) is 18.4. The van der Waals surface area contributed by atoms with Crippen LogP contribution in [0.5, 0.6) is 0 Å². The van der Waals surface area contributed by atoms with Crippen LogP contribution in [0.2, 0.25) is 10.0 Å². The highest BCUT2D eigenvalue weighted by molar-refractivity contribution is 7.99. The normalized spacial score (nSPS) is 11.5. The maximum absolute atomic E-state index is 13.5. The van der Waals surface area contributed by atoms with Gasteiger partial charge in [0, 0.05) is 46.5 Å². The van der Waals surface area contributed by atoms with Gasteiger partial charge < -0.3 is 10.2 Å². The van der Waals surface area contributed by atoms with Gasteiger partial charge in [-0.05, 0) is 74.8 Å². The molecule has 0 unspecified atom stereocenters. The summed E-state index contributed by atoms with van der Waals surface area (Å²) in [5.74, 6) is 1.30. The molecule has 0 saturated heterocycles. The first-order chi connectivity index (χ1) is 15.8. The van der Waals surface area contributed by atoms with E-state index in [2.05, 4.69) is 10.3 Å². The molecule has 176 valence electrons. The van der Waals surface area contributed by atoms with Crippen LogP contribution in [0.15, 0.2) is 76.7 Å². The highest BCUT2D eigenvalue weighted by Crippen LogP contribution is 2.30. The molecule has 0 aliphatic rings. The lowest BCUT2D eigenvalue weighted by Crippen LogP contribution is -2.37. The minimum atomic E-state index is -3.82. The number of nitrogens with one attached hydrogen (secondary N) is 1. The smallest absolute Gasteiger partial charge is 0.264 e. The van der Waals surface area contributed by atoms with Crippen LogP contribution in [0.4, 0.5) is 11.5 Å². The SMILES string of the molecule is CN(C)CCN(c1cccnc1NCCSc1ccc(Cl)cc1)S(=O)(=O)c1ccc(Cl)cc1. The van der Waals surface area contributed by atoms with E-state index < -0.39 is 10.0 Å². The molecule has 1 aromatic heterocycles. The molecule has 0 amide bonds. The molecule has 2 aromatic carbocycles. The van der Waals surface area contributed by atoms with E-state index in [9.17, 15) is 8.42 Å². The van der Waals surface area contributed by atoms with E-state index in [-0.39, 0.29) is 11.4 Å². The Morgan fingerprint density at radius 3 is 2.21 bits per heavy atom. The third-order valence-electron chi connectivity index (χ3n) is 4.68. The van der Waals surface area contributed by atoms with Crippen molar-refractivity contribution in [1.29, 1.82) is 0 Å². The first-order valence-electron chi connectivity index (χ1n) is 10.3. The van der Waals surface area contributed by atoms with Gasteiger partial charge in [-0.25, -0.2) is 13.4 Å². The molecule has 0 fully saturated rings. The molecule has 0 aliphatic carbocycles. The fourth-order valence-electron chi connectivity index (χ4n) is 3.00. The first kappa shape index (κ1) is 25.6. The van der Waals surface area contributed by atoms with E-state index in [4.69, 9.17) is 23.2 Å². The maximum Gasteiger partial charge on any atom is 0.264 e. The van der Waals surface area contributed by atoms with Crippen LogP contribution in [0, 0.1) is 0 Å². The second-order valence-corrected chi connectivity index (χ2v) is 11.3. The highest BCUT2D eigenvalue weighted by Gasteiger charge is 2.27. The van der Waals surface area contributed by atoms with Gasteiger partial charge in [0.2, 0.25) is 0 Å². The van der Waals surface area contributed by atoms with Crippen LogP contribution in [-0.4, -0.2) is 57.8 Å². The van der Waals surface area contributed by atoms with E-state index in [1.807, 2.05) is 43.3 Å². The fourth-order valence-corrected chi connectivity index (χ4v) is 5.48. The van der Waals surface area contributed by atoms with Crippen molar-refractivity contribution in [3.05, 3.63) is 76.9 Å². The Morgan fingerprint density at radius 1 is 0.939 bits per heavy atom. The molecule has 0 saturated carbocycles. The van der Waals surface area contributed by atoms with Gasteiger partial charge >= 0.3 is 0 Å². The number of hydrogen-bond acceptors (Lipinski definition) is 6. The minimum Gasteiger partial charge on any atom is -0.367 e. The summed E-state index contributed by atoms with van der Waals surface area (Å²) in [7, 11) is -0.00394. The van der Waals surface area contributed by atoms with Crippen molar-refractivity contribution < 1.29 is 8.42 Å². The van der Waals surface area contributed by atoms with Gasteiger partial charge in [0.25, 0.3) is 10.0 Å². The van der Waals surface area contributed by atoms with Gasteiger partial charge in [-0.15, -0.1) is 11.8 Å². The average Bonchev–Trinajstić information content (AvgIpc) is 2.79. The number of halogens is 2. The summed E-state index contributed by atoms with van der Waals surface area (Å²) in [6.07, 6.45) is 1.65. The number of benzene rings is 2. The predicted molar refractivity (Wildman–Crippen MR) is 139 cm³/mol. The summed E-state index contributed by atoms with van der Waals surface area (Å²) in [5, 5.41) is 4.48. The van der Waals surface area contributed by atoms with E-state index in [0.29, 0.717) is 34.6 Å². The Kier molecular flexibility index (Phi) is 9.28. The van der Waals surface area contributed by atoms with Crippen LogP contribution in [-0.2, 0) is 10.0 Å². The lowest BCUT2D eigenvalue weighted by Gasteiger charge is -2.27. The number of likely N-dealkylation sites (N-methyl/N-ethyl adjacent to an activating group) is 1. The van der Waals surface area contributed by atoms with Crippen molar-refractivity contribution in [3.63, 3.8) is 0 Å². The van der Waals surface area contributed by atoms with Crippen LogP contribution in [0.25, 0.3) is 0 Å². The molecule has 0 bridgehead atoms. The number of thioether (sulfide) groups is 1. The summed E-state index contributed by atoms with van der Waals surface area (Å²) < 4.78 is 28.5. The number of pyridine rings is 1. The molecule has 0 radical (unpaired) electrons. The lowest BCUT2D eigenvalue weighted by atomic mass is 10.3. The van der Waals surface area contributed by atoms with Crippen molar-refractivity contribution in [1.82, 2.24) is 9.88 Å². The fraction of sp³-hybridized carbons (Fsp3) is 0.261. The zero-order chi connectivity index (χ0) is 23.8. The Hall–Kier alpha value is -1.97. The number of sulfonamides is 1. The number of aromatic nitrogens is 1. The Morgan fingerprint density at radius 2 is 1.58 bits per heavy atom. The first-order valence-corrected chi connectivity index (χ1v) is 13.5. The predicted octanol–water partition coefficient (Wildman–Crippen LogP) is 5.35. The molecular weight excluding hydrogens is 499 g/mol. The van der Waals surface area contributed by atoms with Crippen LogP contribution in [0.1, 0.15) is 0 Å². The summed E-state index contributed by atoms with van der Waals surface area (Å²) in [6, 6.07) is 17.4. The topological polar surface area (TPSA) is 65.5 Å². The molecule has 33 heavy (non-hydrogen) atoms. The second-order valence-electron chi connectivity index (χ2n) is 7.43. The lowest BCUT2D eigenvalue weighted by molar-refractivity contribution is 0.419. The molecule has 0 atom stereocenters. The molecule has 6 nitrogen and oxygen atoms in total. The van der Waals surface area contributed by atoms with Gasteiger partial charge in [0.15, 0.2) is 5.82 Å². The molecule has 1 N–H and O–H groups in total. The Balaban J connectivity index is 1.80. The molecular formula is C23H26Cl2N4O2S2. The molecule has 3 aromatic rings. The summed E-state index contributed by atoms with van der Waals surface area (Å²) in [4.78, 5) is 7.66. The van der Waals surface area contributed by atoms with Crippen molar-refractivity contribution in [2.45, 2.75) is 9.79 Å². The monoisotopic (exact) mass is 524 g/mol. The average molecular weight is 526 g/mol. The van der Waals surface area contributed by atoms with Gasteiger partial charge in [0.05, 0.1) is 10.6 Å². The third-order valence-corrected chi connectivity index (χ3v) is 8.03. The van der Waals surface area contributed by atoms with E-state index in [1.165, 1.54) is 16.4 Å². The number of anilines is 2. The number of nitrogens with zero attached hydrogens (tertiary/aromatic N) is 3. The Bertz CT molecular complexity index is 1140. The summed E-state index contributed by atoms with van der Waals surface area (Å²) in [6.45, 7) is 1.44. The number of hydrogen-bond donors (Lipinski definition) is 1. The number of rotatable bonds is 11. The second kappa shape index (κ2) is 11.9. The highest BCUT2D eigenvalue weighted by atomic mass is 35.5.